The van der Waals surface area contributed by atoms with Gasteiger partial charge in [0.2, 0.25) is 0 Å². The molecule has 1 unspecified atom stereocenters. The molecule has 0 heterocycles. The zero-order chi connectivity index (χ0) is 15.8. The fourth-order valence-electron chi connectivity index (χ4n) is 2.08. The molecule has 3 nitrogen and oxygen atoms in total. The lowest BCUT2D eigenvalue weighted by Crippen LogP contribution is -2.26. The van der Waals surface area contributed by atoms with Crippen LogP contribution in [0.2, 0.25) is 0 Å². The maximum atomic E-state index is 11.8. The van der Waals surface area contributed by atoms with Crippen LogP contribution in [0.4, 0.5) is 0 Å². The Morgan fingerprint density at radius 2 is 1.82 bits per heavy atom. The zero-order valence-electron chi connectivity index (χ0n) is 12.7. The highest BCUT2D eigenvalue weighted by Gasteiger charge is 2.17. The van der Waals surface area contributed by atoms with Gasteiger partial charge in [-0.2, -0.15) is 0 Å². The Kier molecular flexibility index (Phi) is 5.78. The van der Waals surface area contributed by atoms with Crippen molar-refractivity contribution < 1.29 is 14.3 Å². The summed E-state index contributed by atoms with van der Waals surface area (Å²) in [4.78, 5) is 11.8. The molecule has 22 heavy (non-hydrogen) atoms. The topological polar surface area (TPSA) is 35.5 Å². The standard InChI is InChI=1S/C19H20O3/c1-3-13-21-19(20)15(2)22-18-12-8-7-11-17(18)14-16-9-5-4-6-10-16/h3-12,15H,1,13-14H2,2H3. The van der Waals surface area contributed by atoms with Gasteiger partial charge < -0.3 is 9.47 Å². The van der Waals surface area contributed by atoms with Gasteiger partial charge in [-0.1, -0.05) is 61.2 Å². The zero-order valence-corrected chi connectivity index (χ0v) is 12.7. The third-order valence-electron chi connectivity index (χ3n) is 3.19. The molecule has 0 radical (unpaired) electrons. The smallest absolute Gasteiger partial charge is 0.347 e. The molecule has 0 N–H and O–H groups in total. The van der Waals surface area contributed by atoms with E-state index in [9.17, 15) is 4.79 Å². The highest BCUT2D eigenvalue weighted by molar-refractivity contribution is 5.74. The fourth-order valence-corrected chi connectivity index (χ4v) is 2.08. The molecule has 0 aliphatic heterocycles. The largest absolute Gasteiger partial charge is 0.479 e. The Labute approximate surface area is 131 Å². The number of ether oxygens (including phenoxy) is 2. The number of carbonyl (C=O) groups is 1. The van der Waals surface area contributed by atoms with E-state index in [1.54, 1.807) is 6.92 Å². The number of benzene rings is 2. The molecule has 0 aliphatic rings. The number of rotatable bonds is 7. The first-order chi connectivity index (χ1) is 10.7. The molecule has 0 amide bonds. The molecule has 114 valence electrons. The molecule has 0 aliphatic carbocycles. The van der Waals surface area contributed by atoms with Gasteiger partial charge in [-0.05, 0) is 24.1 Å². The Morgan fingerprint density at radius 1 is 1.14 bits per heavy atom. The Balaban J connectivity index is 2.08. The van der Waals surface area contributed by atoms with Crippen molar-refractivity contribution in [2.24, 2.45) is 0 Å². The Morgan fingerprint density at radius 3 is 2.55 bits per heavy atom. The van der Waals surface area contributed by atoms with E-state index >= 15 is 0 Å². The van der Waals surface area contributed by atoms with Gasteiger partial charge in [0, 0.05) is 6.42 Å². The molecule has 2 rings (SSSR count). The molecule has 0 saturated carbocycles. The average Bonchev–Trinajstić information content (AvgIpc) is 2.55. The van der Waals surface area contributed by atoms with E-state index in [1.165, 1.54) is 11.6 Å². The van der Waals surface area contributed by atoms with Gasteiger partial charge in [-0.15, -0.1) is 0 Å². The van der Waals surface area contributed by atoms with Crippen LogP contribution in [0.15, 0.2) is 67.3 Å². The normalized spacial score (nSPS) is 11.5. The number of carbonyl (C=O) groups excluding carboxylic acids is 1. The molecular weight excluding hydrogens is 276 g/mol. The SMILES string of the molecule is C=CCOC(=O)C(C)Oc1ccccc1Cc1ccccc1. The van der Waals surface area contributed by atoms with E-state index in [4.69, 9.17) is 9.47 Å². The van der Waals surface area contributed by atoms with Crippen molar-refractivity contribution in [1.29, 1.82) is 0 Å². The summed E-state index contributed by atoms with van der Waals surface area (Å²) < 4.78 is 10.8. The maximum Gasteiger partial charge on any atom is 0.347 e. The van der Waals surface area contributed by atoms with Crippen LogP contribution in [0.1, 0.15) is 18.1 Å². The minimum Gasteiger partial charge on any atom is -0.479 e. The summed E-state index contributed by atoms with van der Waals surface area (Å²) in [6.07, 6.45) is 1.64. The predicted molar refractivity (Wildman–Crippen MR) is 86.9 cm³/mol. The molecule has 2 aromatic rings. The van der Waals surface area contributed by atoms with Gasteiger partial charge in [0.05, 0.1) is 0 Å². The summed E-state index contributed by atoms with van der Waals surface area (Å²) in [5, 5.41) is 0. The number of hydrogen-bond acceptors (Lipinski definition) is 3. The minimum atomic E-state index is -0.656. The second-order valence-corrected chi connectivity index (χ2v) is 4.95. The van der Waals surface area contributed by atoms with Crippen molar-refractivity contribution in [2.45, 2.75) is 19.4 Å². The first kappa shape index (κ1) is 15.8. The van der Waals surface area contributed by atoms with Crippen molar-refractivity contribution in [3.63, 3.8) is 0 Å². The number of esters is 1. The molecule has 3 heteroatoms. The highest BCUT2D eigenvalue weighted by Crippen LogP contribution is 2.22. The summed E-state index contributed by atoms with van der Waals surface area (Å²) in [6.45, 7) is 5.40. The molecule has 0 saturated heterocycles. The second-order valence-electron chi connectivity index (χ2n) is 4.95. The molecule has 0 fully saturated rings. The highest BCUT2D eigenvalue weighted by atomic mass is 16.6. The Bertz CT molecular complexity index is 620. The van der Waals surface area contributed by atoms with Gasteiger partial charge in [0.1, 0.15) is 12.4 Å². The van der Waals surface area contributed by atoms with E-state index in [0.717, 1.165) is 12.0 Å². The lowest BCUT2D eigenvalue weighted by molar-refractivity contribution is -0.149. The van der Waals surface area contributed by atoms with Crippen molar-refractivity contribution in [3.05, 3.63) is 78.4 Å². The minimum absolute atomic E-state index is 0.193. The lowest BCUT2D eigenvalue weighted by atomic mass is 10.0. The van der Waals surface area contributed by atoms with Gasteiger partial charge in [-0.25, -0.2) is 4.79 Å². The predicted octanol–water partition coefficient (Wildman–Crippen LogP) is 3.77. The van der Waals surface area contributed by atoms with Gasteiger partial charge in [0.15, 0.2) is 6.10 Å². The first-order valence-electron chi connectivity index (χ1n) is 7.26. The van der Waals surface area contributed by atoms with Crippen LogP contribution in [0, 0.1) is 0 Å². The van der Waals surface area contributed by atoms with Gasteiger partial charge in [0.25, 0.3) is 0 Å². The van der Waals surface area contributed by atoms with Crippen molar-refractivity contribution in [2.75, 3.05) is 6.61 Å². The van der Waals surface area contributed by atoms with Crippen LogP contribution in [-0.2, 0) is 16.0 Å². The summed E-state index contributed by atoms with van der Waals surface area (Å²) in [5.74, 6) is 0.309. The molecule has 0 aromatic heterocycles. The van der Waals surface area contributed by atoms with Gasteiger partial charge >= 0.3 is 5.97 Å². The van der Waals surface area contributed by atoms with Crippen LogP contribution in [0.25, 0.3) is 0 Å². The van der Waals surface area contributed by atoms with E-state index in [1.807, 2.05) is 42.5 Å². The summed E-state index contributed by atoms with van der Waals surface area (Å²) in [7, 11) is 0. The summed E-state index contributed by atoms with van der Waals surface area (Å²) in [6, 6.07) is 17.9. The fraction of sp³-hybridized carbons (Fsp3) is 0.211. The van der Waals surface area contributed by atoms with Crippen LogP contribution in [0.3, 0.4) is 0 Å². The maximum absolute atomic E-state index is 11.8. The van der Waals surface area contributed by atoms with E-state index < -0.39 is 12.1 Å². The van der Waals surface area contributed by atoms with E-state index in [2.05, 4.69) is 18.7 Å². The van der Waals surface area contributed by atoms with Crippen molar-refractivity contribution in [3.8, 4) is 5.75 Å². The quantitative estimate of drug-likeness (QED) is 0.576. The number of para-hydroxylation sites is 1. The molecule has 1 atom stereocenters. The molecular formula is C19H20O3. The van der Waals surface area contributed by atoms with Gasteiger partial charge in [-0.3, -0.25) is 0 Å². The van der Waals surface area contributed by atoms with E-state index in [0.29, 0.717) is 5.75 Å². The van der Waals surface area contributed by atoms with Crippen LogP contribution in [-0.4, -0.2) is 18.7 Å². The van der Waals surface area contributed by atoms with E-state index in [-0.39, 0.29) is 6.61 Å². The van der Waals surface area contributed by atoms with Crippen LogP contribution < -0.4 is 4.74 Å². The third-order valence-corrected chi connectivity index (χ3v) is 3.19. The van der Waals surface area contributed by atoms with Crippen molar-refractivity contribution >= 4 is 5.97 Å². The molecule has 2 aromatic carbocycles. The van der Waals surface area contributed by atoms with Crippen LogP contribution >= 0.6 is 0 Å². The molecule has 0 bridgehead atoms. The summed E-state index contributed by atoms with van der Waals surface area (Å²) in [5.41, 5.74) is 2.23. The van der Waals surface area contributed by atoms with Crippen molar-refractivity contribution in [1.82, 2.24) is 0 Å². The summed E-state index contributed by atoms with van der Waals surface area (Å²) >= 11 is 0. The first-order valence-corrected chi connectivity index (χ1v) is 7.26. The third kappa shape index (κ3) is 4.48. The molecule has 0 spiro atoms. The Hall–Kier alpha value is -2.55. The lowest BCUT2D eigenvalue weighted by Gasteiger charge is -2.16. The average molecular weight is 296 g/mol. The number of hydrogen-bond donors (Lipinski definition) is 0. The monoisotopic (exact) mass is 296 g/mol. The second kappa shape index (κ2) is 8.03. The van der Waals surface area contributed by atoms with Crippen LogP contribution in [0.5, 0.6) is 5.75 Å².